The van der Waals surface area contributed by atoms with Crippen molar-refractivity contribution in [1.82, 2.24) is 0 Å². The summed E-state index contributed by atoms with van der Waals surface area (Å²) in [6.45, 7) is 10.7. The van der Waals surface area contributed by atoms with Crippen LogP contribution in [0.1, 0.15) is 46.6 Å². The van der Waals surface area contributed by atoms with Gasteiger partial charge in [-0.2, -0.15) is 6.08 Å². The van der Waals surface area contributed by atoms with Gasteiger partial charge in [-0.25, -0.2) is 11.6 Å². The molecule has 0 aliphatic heterocycles. The third-order valence-corrected chi connectivity index (χ3v) is 3.34. The molecule has 1 aliphatic carbocycles. The second kappa shape index (κ2) is 6.32. The molecule has 0 amide bonds. The van der Waals surface area contributed by atoms with Gasteiger partial charge in [0.2, 0.25) is 0 Å². The van der Waals surface area contributed by atoms with Crippen LogP contribution < -0.4 is 4.74 Å². The fourth-order valence-electron chi connectivity index (χ4n) is 2.38. The maximum Gasteiger partial charge on any atom is 0.124 e. The number of hydrogen-bond acceptors (Lipinski definition) is 1. The van der Waals surface area contributed by atoms with Crippen molar-refractivity contribution in [3.63, 3.8) is 0 Å². The van der Waals surface area contributed by atoms with E-state index in [1.54, 1.807) is 0 Å². The average Bonchev–Trinajstić information content (AvgIpc) is 2.81. The molecule has 0 radical (unpaired) electrons. The first-order valence-electron chi connectivity index (χ1n) is 6.87. The van der Waals surface area contributed by atoms with Crippen LogP contribution in [0.25, 0.3) is 0 Å². The van der Waals surface area contributed by atoms with Gasteiger partial charge in [-0.3, -0.25) is 6.08 Å². The zero-order chi connectivity index (χ0) is 14.1. The van der Waals surface area contributed by atoms with Gasteiger partial charge in [-0.15, -0.1) is 6.42 Å². The van der Waals surface area contributed by atoms with Crippen molar-refractivity contribution < 1.29 is 26.5 Å². The van der Waals surface area contributed by atoms with E-state index in [4.69, 9.17) is 4.74 Å². The molecule has 0 saturated heterocycles. The minimum Gasteiger partial charge on any atom is -0.488 e. The molecular formula is C18H23OTi-. The average molecular weight is 303 g/mol. The first kappa shape index (κ1) is 17.3. The molecule has 0 atom stereocenters. The number of para-hydroxylation sites is 1. The van der Waals surface area contributed by atoms with Crippen LogP contribution >= 0.6 is 0 Å². The Balaban J connectivity index is 0.00000200. The molecule has 106 valence electrons. The van der Waals surface area contributed by atoms with Gasteiger partial charge in [0.25, 0.3) is 0 Å². The van der Waals surface area contributed by atoms with E-state index in [2.05, 4.69) is 71.0 Å². The maximum absolute atomic E-state index is 6.11. The van der Waals surface area contributed by atoms with Gasteiger partial charge in [-0.05, 0) is 32.3 Å². The van der Waals surface area contributed by atoms with Crippen molar-refractivity contribution in [1.29, 1.82) is 0 Å². The first-order chi connectivity index (χ1) is 8.81. The predicted octanol–water partition coefficient (Wildman–Crippen LogP) is 4.83. The molecule has 20 heavy (non-hydrogen) atoms. The molecule has 0 saturated carbocycles. The van der Waals surface area contributed by atoms with Crippen molar-refractivity contribution in [3.8, 4) is 5.75 Å². The molecule has 2 rings (SSSR count). The molecule has 0 fully saturated rings. The van der Waals surface area contributed by atoms with Crippen LogP contribution in [0.5, 0.6) is 5.75 Å². The Labute approximate surface area is 138 Å². The van der Waals surface area contributed by atoms with Gasteiger partial charge in [0.05, 0.1) is 0 Å². The zero-order valence-corrected chi connectivity index (χ0v) is 14.6. The molecule has 0 unspecified atom stereocenters. The van der Waals surface area contributed by atoms with Crippen molar-refractivity contribution in [3.05, 3.63) is 53.6 Å². The number of rotatable bonds is 3. The molecule has 0 heterocycles. The van der Waals surface area contributed by atoms with Gasteiger partial charge in [0.1, 0.15) is 11.4 Å². The third-order valence-electron chi connectivity index (χ3n) is 3.34. The number of ether oxygens (including phenoxy) is 1. The second-order valence-corrected chi connectivity index (χ2v) is 6.53. The fraction of sp³-hybridized carbons (Fsp3) is 0.444. The van der Waals surface area contributed by atoms with Crippen LogP contribution in [0.2, 0.25) is 0 Å². The maximum atomic E-state index is 6.11. The monoisotopic (exact) mass is 303 g/mol. The molecule has 2 heteroatoms. The summed E-state index contributed by atoms with van der Waals surface area (Å²) >= 11 is 0. The Morgan fingerprint density at radius 2 is 1.70 bits per heavy atom. The van der Waals surface area contributed by atoms with Crippen molar-refractivity contribution in [2.45, 2.75) is 52.1 Å². The molecule has 0 aromatic heterocycles. The van der Waals surface area contributed by atoms with Crippen LogP contribution in [0, 0.1) is 6.08 Å². The molecule has 0 N–H and O–H groups in total. The summed E-state index contributed by atoms with van der Waals surface area (Å²) in [6, 6.07) is 8.32. The Bertz CT molecular complexity index is 518. The molecular weight excluding hydrogens is 280 g/mol. The summed E-state index contributed by atoms with van der Waals surface area (Å²) in [5.74, 6) is 0.967. The van der Waals surface area contributed by atoms with Crippen molar-refractivity contribution in [2.24, 2.45) is 0 Å². The van der Waals surface area contributed by atoms with E-state index >= 15 is 0 Å². The molecule has 0 spiro atoms. The summed E-state index contributed by atoms with van der Waals surface area (Å²) in [4.78, 5) is 0. The van der Waals surface area contributed by atoms with E-state index in [0.29, 0.717) is 0 Å². The summed E-state index contributed by atoms with van der Waals surface area (Å²) < 4.78 is 6.11. The molecule has 1 aromatic rings. The summed E-state index contributed by atoms with van der Waals surface area (Å²) in [5.41, 5.74) is 2.21. The topological polar surface area (TPSA) is 9.23 Å². The van der Waals surface area contributed by atoms with Crippen LogP contribution in [0.4, 0.5) is 0 Å². The van der Waals surface area contributed by atoms with Gasteiger partial charge in [-0.1, -0.05) is 32.0 Å². The van der Waals surface area contributed by atoms with Gasteiger partial charge in [0.15, 0.2) is 0 Å². The Morgan fingerprint density at radius 1 is 1.05 bits per heavy atom. The molecule has 1 nitrogen and oxygen atoms in total. The Hall–Kier alpha value is -0.786. The zero-order valence-electron chi connectivity index (χ0n) is 13.1. The summed E-state index contributed by atoms with van der Waals surface area (Å²) in [6.07, 6.45) is 8.68. The molecule has 1 aliphatic rings. The van der Waals surface area contributed by atoms with E-state index in [1.165, 1.54) is 11.1 Å². The number of allylic oxidation sites excluding steroid dienone is 4. The SMILES string of the molecule is CC(C)(C)Oc1ccccc1C(C)(C)C1=[C-]CC=C1.[Ti]. The normalized spacial score (nSPS) is 14.8. The minimum atomic E-state index is -0.185. The van der Waals surface area contributed by atoms with Gasteiger partial charge in [0, 0.05) is 27.3 Å². The minimum absolute atomic E-state index is 0. The standard InChI is InChI=1S/C18H23O.Ti/c1-17(2,3)19-16-13-9-8-12-15(16)18(4,5)14-10-6-7-11-14;/h6,8-10,12-13H,7H2,1-5H3;/q-1;. The van der Waals surface area contributed by atoms with Crippen molar-refractivity contribution >= 4 is 0 Å². The van der Waals surface area contributed by atoms with Gasteiger partial charge >= 0.3 is 0 Å². The van der Waals surface area contributed by atoms with Crippen LogP contribution in [0.3, 0.4) is 0 Å². The van der Waals surface area contributed by atoms with Crippen LogP contribution in [-0.4, -0.2) is 5.60 Å². The second-order valence-electron chi connectivity index (χ2n) is 6.53. The Morgan fingerprint density at radius 3 is 2.25 bits per heavy atom. The number of hydrogen-bond donors (Lipinski definition) is 0. The van der Waals surface area contributed by atoms with E-state index < -0.39 is 0 Å². The quantitative estimate of drug-likeness (QED) is 0.574. The molecule has 1 aromatic carbocycles. The van der Waals surface area contributed by atoms with Crippen molar-refractivity contribution in [2.75, 3.05) is 0 Å². The van der Waals surface area contributed by atoms with Crippen LogP contribution in [-0.2, 0) is 27.1 Å². The summed E-state index contributed by atoms with van der Waals surface area (Å²) in [7, 11) is 0. The molecule has 0 bridgehead atoms. The number of benzene rings is 1. The predicted molar refractivity (Wildman–Crippen MR) is 80.4 cm³/mol. The van der Waals surface area contributed by atoms with E-state index in [1.807, 2.05) is 6.07 Å². The fourth-order valence-corrected chi connectivity index (χ4v) is 2.38. The largest absolute Gasteiger partial charge is 0.488 e. The van der Waals surface area contributed by atoms with Crippen LogP contribution in [0.15, 0.2) is 42.0 Å². The first-order valence-corrected chi connectivity index (χ1v) is 6.87. The van der Waals surface area contributed by atoms with E-state index in [-0.39, 0.29) is 32.7 Å². The smallest absolute Gasteiger partial charge is 0.124 e. The van der Waals surface area contributed by atoms with Gasteiger partial charge < -0.3 is 4.74 Å². The van der Waals surface area contributed by atoms with E-state index in [9.17, 15) is 0 Å². The Kier molecular flexibility index (Phi) is 5.46. The third kappa shape index (κ3) is 3.87. The summed E-state index contributed by atoms with van der Waals surface area (Å²) in [5, 5.41) is 0. The van der Waals surface area contributed by atoms with E-state index in [0.717, 1.165) is 12.2 Å².